The number of nitrogens with zero attached hydrogens (tertiary/aromatic N) is 6. The summed E-state index contributed by atoms with van der Waals surface area (Å²) in [5.74, 6) is 1.76. The molecule has 33 heavy (non-hydrogen) atoms. The molecule has 9 heteroatoms. The maximum Gasteiger partial charge on any atom is 0.240 e. The van der Waals surface area contributed by atoms with Gasteiger partial charge in [0, 0.05) is 49.4 Å². The molecule has 2 aliphatic heterocycles. The Morgan fingerprint density at radius 1 is 1.15 bits per heavy atom. The molecule has 3 aromatic heterocycles. The Labute approximate surface area is 193 Å². The summed E-state index contributed by atoms with van der Waals surface area (Å²) in [5, 5.41) is 8.57. The highest BCUT2D eigenvalue weighted by molar-refractivity contribution is 5.93. The summed E-state index contributed by atoms with van der Waals surface area (Å²) in [6, 6.07) is 6.02. The first kappa shape index (κ1) is 21.6. The second-order valence-corrected chi connectivity index (χ2v) is 9.16. The van der Waals surface area contributed by atoms with Gasteiger partial charge in [-0.15, -0.1) is 0 Å². The van der Waals surface area contributed by atoms with Gasteiger partial charge in [0.25, 0.3) is 0 Å². The van der Waals surface area contributed by atoms with E-state index in [1.165, 1.54) is 0 Å². The van der Waals surface area contributed by atoms with Crippen LogP contribution in [0.1, 0.15) is 26.7 Å². The normalized spacial score (nSPS) is 19.6. The van der Waals surface area contributed by atoms with Crippen LogP contribution in [0, 0.1) is 0 Å². The van der Waals surface area contributed by atoms with Crippen molar-refractivity contribution in [2.75, 3.05) is 44.7 Å². The number of anilines is 1. The first-order valence-corrected chi connectivity index (χ1v) is 11.7. The Balaban J connectivity index is 1.32. The van der Waals surface area contributed by atoms with Gasteiger partial charge in [-0.25, -0.2) is 9.97 Å². The monoisotopic (exact) mass is 449 g/mol. The van der Waals surface area contributed by atoms with Crippen molar-refractivity contribution in [3.05, 3.63) is 30.6 Å². The number of carbonyl (C=O) groups excluding carboxylic acids is 1. The number of ether oxygens (including phenoxy) is 1. The topological polar surface area (TPSA) is 90.5 Å². The molecule has 1 amide bonds. The van der Waals surface area contributed by atoms with E-state index >= 15 is 0 Å². The van der Waals surface area contributed by atoms with Crippen LogP contribution in [-0.2, 0) is 4.79 Å². The van der Waals surface area contributed by atoms with E-state index in [9.17, 15) is 4.79 Å². The van der Waals surface area contributed by atoms with Crippen LogP contribution in [0.3, 0.4) is 0 Å². The zero-order valence-corrected chi connectivity index (χ0v) is 19.5. The van der Waals surface area contributed by atoms with E-state index < -0.39 is 0 Å². The number of hydrogen-bond donors (Lipinski definition) is 1. The number of nitrogens with one attached hydrogen (secondary N) is 1. The number of hydrogen-bond acceptors (Lipinski definition) is 7. The van der Waals surface area contributed by atoms with Crippen molar-refractivity contribution in [1.82, 2.24) is 30.0 Å². The lowest BCUT2D eigenvalue weighted by atomic mass is 10.1. The van der Waals surface area contributed by atoms with E-state index in [1.807, 2.05) is 44.1 Å². The molecule has 0 bridgehead atoms. The average Bonchev–Trinajstić information content (AvgIpc) is 3.44. The fraction of sp³-hybridized carbons (Fsp3) is 0.500. The summed E-state index contributed by atoms with van der Waals surface area (Å²) in [6.07, 6.45) is 5.70. The van der Waals surface area contributed by atoms with E-state index in [-0.39, 0.29) is 18.1 Å². The zero-order chi connectivity index (χ0) is 22.9. The number of aromatic nitrogens is 4. The van der Waals surface area contributed by atoms with Gasteiger partial charge in [0.2, 0.25) is 11.8 Å². The number of carbonyl (C=O) groups is 1. The Bertz CT molecular complexity index is 1140. The molecule has 0 radical (unpaired) electrons. The zero-order valence-electron chi connectivity index (χ0n) is 19.5. The summed E-state index contributed by atoms with van der Waals surface area (Å²) in [7, 11) is 2.05. The molecule has 3 aromatic rings. The van der Waals surface area contributed by atoms with Crippen LogP contribution in [0.4, 0.5) is 5.82 Å². The number of fused-ring (bicyclic) bond motifs is 1. The van der Waals surface area contributed by atoms with Crippen LogP contribution < -0.4 is 9.64 Å². The predicted molar refractivity (Wildman–Crippen MR) is 127 cm³/mol. The molecule has 0 saturated carbocycles. The highest BCUT2D eigenvalue weighted by Crippen LogP contribution is 2.30. The third-order valence-corrected chi connectivity index (χ3v) is 6.52. The lowest BCUT2D eigenvalue weighted by molar-refractivity contribution is -0.135. The quantitative estimate of drug-likeness (QED) is 0.640. The number of rotatable bonds is 5. The van der Waals surface area contributed by atoms with Crippen molar-refractivity contribution in [2.45, 2.75) is 38.8 Å². The number of H-pyrrole nitrogens is 1. The highest BCUT2D eigenvalue weighted by Gasteiger charge is 2.33. The maximum absolute atomic E-state index is 12.9. The van der Waals surface area contributed by atoms with Crippen molar-refractivity contribution < 1.29 is 9.53 Å². The molecule has 2 saturated heterocycles. The van der Waals surface area contributed by atoms with Crippen molar-refractivity contribution in [3.63, 3.8) is 0 Å². The highest BCUT2D eigenvalue weighted by atomic mass is 16.5. The first-order valence-electron chi connectivity index (χ1n) is 11.7. The Hall–Kier alpha value is -3.20. The molecular weight excluding hydrogens is 418 g/mol. The van der Waals surface area contributed by atoms with E-state index in [0.717, 1.165) is 73.5 Å². The van der Waals surface area contributed by atoms with E-state index in [2.05, 4.69) is 36.0 Å². The Kier molecular flexibility index (Phi) is 5.88. The van der Waals surface area contributed by atoms with Gasteiger partial charge in [0.05, 0.1) is 23.9 Å². The van der Waals surface area contributed by atoms with Gasteiger partial charge in [-0.05, 0) is 52.4 Å². The molecule has 2 aliphatic rings. The van der Waals surface area contributed by atoms with Crippen molar-refractivity contribution in [3.8, 4) is 17.1 Å². The van der Waals surface area contributed by atoms with Crippen LogP contribution in [0.15, 0.2) is 30.6 Å². The van der Waals surface area contributed by atoms with Crippen LogP contribution in [0.5, 0.6) is 5.88 Å². The van der Waals surface area contributed by atoms with Crippen LogP contribution in [-0.4, -0.2) is 87.8 Å². The number of piperazine rings is 1. The van der Waals surface area contributed by atoms with E-state index in [1.54, 1.807) is 6.20 Å². The molecule has 0 spiro atoms. The van der Waals surface area contributed by atoms with Crippen LogP contribution >= 0.6 is 0 Å². The molecule has 1 unspecified atom stereocenters. The number of amides is 1. The predicted octanol–water partition coefficient (Wildman–Crippen LogP) is 2.55. The standard InChI is InChI=1S/C24H31N7O2/c1-16(2)33-22-14-18-19(15-26-22)27-28-23(18)17-6-7-25-21(13-17)30-9-11-31(12-10-30)24(32)20-5-4-8-29(20)3/h6-7,13-16,20H,4-5,8-12H2,1-3H3,(H,27,28). The van der Waals surface area contributed by atoms with Gasteiger partial charge in [0.1, 0.15) is 11.5 Å². The molecule has 5 rings (SSSR count). The van der Waals surface area contributed by atoms with Gasteiger partial charge in [-0.3, -0.25) is 14.8 Å². The molecule has 0 aromatic carbocycles. The summed E-state index contributed by atoms with van der Waals surface area (Å²) < 4.78 is 5.77. The smallest absolute Gasteiger partial charge is 0.240 e. The summed E-state index contributed by atoms with van der Waals surface area (Å²) in [5.41, 5.74) is 2.70. The van der Waals surface area contributed by atoms with Crippen LogP contribution in [0.2, 0.25) is 0 Å². The number of likely N-dealkylation sites (tertiary alicyclic amines) is 1. The van der Waals surface area contributed by atoms with Gasteiger partial charge in [0.15, 0.2) is 0 Å². The van der Waals surface area contributed by atoms with Gasteiger partial charge in [-0.2, -0.15) is 5.10 Å². The van der Waals surface area contributed by atoms with Crippen molar-refractivity contribution in [2.24, 2.45) is 0 Å². The Morgan fingerprint density at radius 2 is 1.97 bits per heavy atom. The van der Waals surface area contributed by atoms with Crippen LogP contribution in [0.25, 0.3) is 22.2 Å². The number of pyridine rings is 2. The minimum atomic E-state index is 0.0463. The van der Waals surface area contributed by atoms with Gasteiger partial charge < -0.3 is 14.5 Å². The number of likely N-dealkylation sites (N-methyl/N-ethyl adjacent to an activating group) is 1. The molecule has 1 N–H and O–H groups in total. The molecule has 9 nitrogen and oxygen atoms in total. The third kappa shape index (κ3) is 4.37. The summed E-state index contributed by atoms with van der Waals surface area (Å²) >= 11 is 0. The lowest BCUT2D eigenvalue weighted by Gasteiger charge is -2.37. The van der Waals surface area contributed by atoms with Gasteiger partial charge >= 0.3 is 0 Å². The summed E-state index contributed by atoms with van der Waals surface area (Å²) in [4.78, 5) is 28.3. The van der Waals surface area contributed by atoms with Gasteiger partial charge in [-0.1, -0.05) is 0 Å². The van der Waals surface area contributed by atoms with Crippen molar-refractivity contribution in [1.29, 1.82) is 0 Å². The van der Waals surface area contributed by atoms with E-state index in [0.29, 0.717) is 5.88 Å². The van der Waals surface area contributed by atoms with Crippen molar-refractivity contribution >= 4 is 22.6 Å². The Morgan fingerprint density at radius 3 is 2.70 bits per heavy atom. The second kappa shape index (κ2) is 8.97. The lowest BCUT2D eigenvalue weighted by Crippen LogP contribution is -2.53. The molecular formula is C24H31N7O2. The van der Waals surface area contributed by atoms with E-state index in [4.69, 9.17) is 4.74 Å². The first-order chi connectivity index (χ1) is 16.0. The summed E-state index contributed by atoms with van der Waals surface area (Å²) in [6.45, 7) is 7.97. The average molecular weight is 450 g/mol. The molecule has 5 heterocycles. The minimum absolute atomic E-state index is 0.0463. The largest absolute Gasteiger partial charge is 0.475 e. The second-order valence-electron chi connectivity index (χ2n) is 9.16. The molecule has 1 atom stereocenters. The molecule has 2 fully saturated rings. The fourth-order valence-corrected chi connectivity index (χ4v) is 4.75. The maximum atomic E-state index is 12.9. The fourth-order valence-electron chi connectivity index (χ4n) is 4.75. The number of aromatic amines is 1. The minimum Gasteiger partial charge on any atom is -0.475 e. The molecule has 0 aliphatic carbocycles. The molecule has 174 valence electrons. The third-order valence-electron chi connectivity index (χ3n) is 6.52. The SMILES string of the molecule is CC(C)Oc1cc2c(-c3ccnc(N4CCN(C(=O)C5CCCN5C)CC4)c3)n[nH]c2cn1.